The summed E-state index contributed by atoms with van der Waals surface area (Å²) < 4.78 is 5.60. The highest BCUT2D eigenvalue weighted by atomic mass is 16.5. The molecule has 2 amide bonds. The van der Waals surface area contributed by atoms with Crippen molar-refractivity contribution in [2.75, 3.05) is 19.6 Å². The molecule has 6 heteroatoms. The van der Waals surface area contributed by atoms with E-state index < -0.39 is 5.41 Å². The minimum Gasteiger partial charge on any atom is -0.361 e. The smallest absolute Gasteiger partial charge is 0.228 e. The molecule has 0 radical (unpaired) electrons. The third-order valence-corrected chi connectivity index (χ3v) is 6.73. The van der Waals surface area contributed by atoms with E-state index in [1.807, 2.05) is 36.4 Å². The number of nitrogens with one attached hydrogen (secondary N) is 1. The second kappa shape index (κ2) is 9.02. The van der Waals surface area contributed by atoms with E-state index in [4.69, 9.17) is 4.52 Å². The molecule has 1 saturated heterocycles. The van der Waals surface area contributed by atoms with Crippen LogP contribution in [0, 0.1) is 11.3 Å². The van der Waals surface area contributed by atoms with Gasteiger partial charge in [0.2, 0.25) is 11.8 Å². The van der Waals surface area contributed by atoms with Crippen LogP contribution in [-0.4, -0.2) is 41.5 Å². The van der Waals surface area contributed by atoms with Gasteiger partial charge in [0.05, 0.1) is 5.41 Å². The van der Waals surface area contributed by atoms with Gasteiger partial charge in [-0.05, 0) is 18.8 Å². The molecule has 2 aromatic rings. The van der Waals surface area contributed by atoms with Crippen LogP contribution in [0.2, 0.25) is 0 Å². The lowest BCUT2D eigenvalue weighted by Gasteiger charge is -2.27. The van der Waals surface area contributed by atoms with Gasteiger partial charge in [-0.1, -0.05) is 61.2 Å². The van der Waals surface area contributed by atoms with Crippen LogP contribution < -0.4 is 5.32 Å². The predicted molar refractivity (Wildman–Crippen MR) is 115 cm³/mol. The average molecular weight is 410 g/mol. The summed E-state index contributed by atoms with van der Waals surface area (Å²) in [6, 6.07) is 11.8. The Morgan fingerprint density at radius 3 is 2.70 bits per heavy atom. The van der Waals surface area contributed by atoms with Gasteiger partial charge in [0.25, 0.3) is 0 Å². The van der Waals surface area contributed by atoms with Crippen LogP contribution in [-0.2, 0) is 16.0 Å². The zero-order chi connectivity index (χ0) is 21.0. The molecular formula is C24H31N3O3. The van der Waals surface area contributed by atoms with Crippen molar-refractivity contribution in [1.82, 2.24) is 15.4 Å². The summed E-state index contributed by atoms with van der Waals surface area (Å²) in [6.07, 6.45) is 7.31. The van der Waals surface area contributed by atoms with Crippen LogP contribution in [0.3, 0.4) is 0 Å². The lowest BCUT2D eigenvalue weighted by molar-refractivity contribution is -0.132. The maximum absolute atomic E-state index is 13.3. The van der Waals surface area contributed by atoms with Gasteiger partial charge >= 0.3 is 0 Å². The fraction of sp³-hybridized carbons (Fsp3) is 0.542. The standard InChI is InChI=1S/C24H31N3O3/c1-18(28)27-14-12-24(17-27,23(29)25-13-11-19-7-5-6-8-19)16-21-15-22(26-30-21)20-9-3-2-4-10-20/h2-4,9-10,15,19H,5-8,11-14,16-17H2,1H3,(H,25,29). The van der Waals surface area contributed by atoms with Crippen LogP contribution in [0.25, 0.3) is 11.3 Å². The van der Waals surface area contributed by atoms with E-state index in [2.05, 4.69) is 10.5 Å². The number of hydrogen-bond acceptors (Lipinski definition) is 4. The molecule has 2 aliphatic rings. The number of likely N-dealkylation sites (tertiary alicyclic amines) is 1. The molecule has 1 aromatic heterocycles. The van der Waals surface area contributed by atoms with Gasteiger partial charge in [0, 0.05) is 44.6 Å². The Morgan fingerprint density at radius 2 is 2.00 bits per heavy atom. The first-order chi connectivity index (χ1) is 14.6. The van der Waals surface area contributed by atoms with E-state index in [0.29, 0.717) is 38.2 Å². The normalized spacial score (nSPS) is 21.8. The molecule has 1 unspecified atom stereocenters. The number of benzene rings is 1. The molecule has 1 aromatic carbocycles. The molecular weight excluding hydrogens is 378 g/mol. The second-order valence-corrected chi connectivity index (χ2v) is 8.89. The van der Waals surface area contributed by atoms with Crippen LogP contribution in [0.15, 0.2) is 40.9 Å². The third-order valence-electron chi connectivity index (χ3n) is 6.73. The highest BCUT2D eigenvalue weighted by Gasteiger charge is 2.46. The van der Waals surface area contributed by atoms with Crippen LogP contribution in [0.5, 0.6) is 0 Å². The van der Waals surface area contributed by atoms with E-state index in [1.54, 1.807) is 11.8 Å². The predicted octanol–water partition coefficient (Wildman–Crippen LogP) is 3.82. The lowest BCUT2D eigenvalue weighted by atomic mass is 9.81. The number of carbonyl (C=O) groups excluding carboxylic acids is 2. The Balaban J connectivity index is 1.46. The van der Waals surface area contributed by atoms with Crippen molar-refractivity contribution in [2.45, 2.75) is 51.9 Å². The van der Waals surface area contributed by atoms with Crippen molar-refractivity contribution in [1.29, 1.82) is 0 Å². The largest absolute Gasteiger partial charge is 0.361 e. The summed E-state index contributed by atoms with van der Waals surface area (Å²) in [5.74, 6) is 1.46. The molecule has 2 heterocycles. The molecule has 160 valence electrons. The highest BCUT2D eigenvalue weighted by Crippen LogP contribution is 2.36. The van der Waals surface area contributed by atoms with Gasteiger partial charge < -0.3 is 14.7 Å². The summed E-state index contributed by atoms with van der Waals surface area (Å²) >= 11 is 0. The van der Waals surface area contributed by atoms with Gasteiger partial charge in [0.15, 0.2) is 0 Å². The third kappa shape index (κ3) is 4.58. The number of carbonyl (C=O) groups is 2. The van der Waals surface area contributed by atoms with Crippen molar-refractivity contribution in [3.8, 4) is 11.3 Å². The summed E-state index contributed by atoms with van der Waals surface area (Å²) in [7, 11) is 0. The Kier molecular flexibility index (Phi) is 6.21. The van der Waals surface area contributed by atoms with E-state index in [0.717, 1.165) is 23.6 Å². The number of amides is 2. The van der Waals surface area contributed by atoms with Crippen molar-refractivity contribution < 1.29 is 14.1 Å². The molecule has 1 N–H and O–H groups in total. The summed E-state index contributed by atoms with van der Waals surface area (Å²) in [5.41, 5.74) is 1.10. The number of rotatable bonds is 7. The maximum Gasteiger partial charge on any atom is 0.228 e. The van der Waals surface area contributed by atoms with Crippen LogP contribution in [0.1, 0.15) is 51.2 Å². The van der Waals surface area contributed by atoms with Gasteiger partial charge in [0.1, 0.15) is 11.5 Å². The Hall–Kier alpha value is -2.63. The first kappa shape index (κ1) is 20.6. The van der Waals surface area contributed by atoms with Crippen LogP contribution in [0.4, 0.5) is 0 Å². The topological polar surface area (TPSA) is 75.4 Å². The van der Waals surface area contributed by atoms with E-state index >= 15 is 0 Å². The molecule has 1 atom stereocenters. The summed E-state index contributed by atoms with van der Waals surface area (Å²) in [5, 5.41) is 7.37. The molecule has 4 rings (SSSR count). The quantitative estimate of drug-likeness (QED) is 0.754. The van der Waals surface area contributed by atoms with Crippen molar-refractivity contribution in [2.24, 2.45) is 11.3 Å². The van der Waals surface area contributed by atoms with Crippen molar-refractivity contribution in [3.05, 3.63) is 42.2 Å². The minimum absolute atomic E-state index is 0.0122. The zero-order valence-corrected chi connectivity index (χ0v) is 17.7. The second-order valence-electron chi connectivity index (χ2n) is 8.89. The molecule has 30 heavy (non-hydrogen) atoms. The SMILES string of the molecule is CC(=O)N1CCC(Cc2cc(-c3ccccc3)no2)(C(=O)NCCC2CCCC2)C1. The van der Waals surface area contributed by atoms with Crippen molar-refractivity contribution in [3.63, 3.8) is 0 Å². The monoisotopic (exact) mass is 409 g/mol. The highest BCUT2D eigenvalue weighted by molar-refractivity contribution is 5.85. The maximum atomic E-state index is 13.3. The molecule has 0 spiro atoms. The Bertz CT molecular complexity index is 873. The molecule has 1 saturated carbocycles. The van der Waals surface area contributed by atoms with Crippen LogP contribution >= 0.6 is 0 Å². The lowest BCUT2D eigenvalue weighted by Crippen LogP contribution is -2.45. The van der Waals surface area contributed by atoms with Gasteiger partial charge in [-0.25, -0.2) is 0 Å². The van der Waals surface area contributed by atoms with Gasteiger partial charge in [-0.3, -0.25) is 9.59 Å². The first-order valence-electron chi connectivity index (χ1n) is 11.1. The fourth-order valence-electron chi connectivity index (χ4n) is 4.90. The van der Waals surface area contributed by atoms with Gasteiger partial charge in [-0.15, -0.1) is 0 Å². The van der Waals surface area contributed by atoms with Crippen molar-refractivity contribution >= 4 is 11.8 Å². The number of nitrogens with zero attached hydrogens (tertiary/aromatic N) is 2. The fourth-order valence-corrected chi connectivity index (χ4v) is 4.90. The number of aromatic nitrogens is 1. The molecule has 0 bridgehead atoms. The average Bonchev–Trinajstić information content (AvgIpc) is 3.50. The van der Waals surface area contributed by atoms with E-state index in [1.165, 1.54) is 25.7 Å². The summed E-state index contributed by atoms with van der Waals surface area (Å²) in [4.78, 5) is 27.0. The van der Waals surface area contributed by atoms with E-state index in [9.17, 15) is 9.59 Å². The number of hydrogen-bond donors (Lipinski definition) is 1. The molecule has 2 fully saturated rings. The van der Waals surface area contributed by atoms with Gasteiger partial charge in [-0.2, -0.15) is 0 Å². The molecule has 1 aliphatic carbocycles. The molecule has 1 aliphatic heterocycles. The molecule has 6 nitrogen and oxygen atoms in total. The zero-order valence-electron chi connectivity index (χ0n) is 17.7. The van der Waals surface area contributed by atoms with E-state index in [-0.39, 0.29) is 11.8 Å². The Morgan fingerprint density at radius 1 is 1.23 bits per heavy atom. The Labute approximate surface area is 178 Å². The minimum atomic E-state index is -0.658. The first-order valence-corrected chi connectivity index (χ1v) is 11.1. The summed E-state index contributed by atoms with van der Waals surface area (Å²) in [6.45, 7) is 3.30.